The summed E-state index contributed by atoms with van der Waals surface area (Å²) < 4.78 is 31.4. The number of aliphatic carboxylic acids is 1. The lowest BCUT2D eigenvalue weighted by atomic mass is 9.92. The molecule has 0 radical (unpaired) electrons. The average Bonchev–Trinajstić information content (AvgIpc) is 2.38. The molecule has 11 heteroatoms. The van der Waals surface area contributed by atoms with Crippen LogP contribution in [0.15, 0.2) is 20.7 Å². The van der Waals surface area contributed by atoms with Crippen LogP contribution in [-0.4, -0.2) is 48.2 Å². The minimum absolute atomic E-state index is 0.0666. The zero-order valence-corrected chi connectivity index (χ0v) is 11.5. The normalized spacial score (nSPS) is 18.3. The molecule has 0 amide bonds. The minimum Gasteiger partial charge on any atom is -0.480 e. The highest BCUT2D eigenvalue weighted by Gasteiger charge is 2.44. The summed E-state index contributed by atoms with van der Waals surface area (Å²) in [4.78, 5) is 36.9. The van der Waals surface area contributed by atoms with Gasteiger partial charge in [-0.05, 0) is 0 Å². The summed E-state index contributed by atoms with van der Waals surface area (Å²) in [6.07, 6.45) is 0.587. The van der Waals surface area contributed by atoms with Crippen molar-refractivity contribution >= 4 is 16.0 Å². The van der Waals surface area contributed by atoms with Gasteiger partial charge in [0.15, 0.2) is 4.90 Å². The Morgan fingerprint density at radius 2 is 1.95 bits per heavy atom. The van der Waals surface area contributed by atoms with E-state index in [2.05, 4.69) is 0 Å². The lowest BCUT2D eigenvalue weighted by molar-refractivity contribution is -0.147. The predicted octanol–water partition coefficient (Wildman–Crippen LogP) is -2.02. The van der Waals surface area contributed by atoms with Crippen LogP contribution in [0.1, 0.15) is 12.8 Å². The number of nitrogens with one attached hydrogen (secondary N) is 3. The van der Waals surface area contributed by atoms with Gasteiger partial charge in [0.2, 0.25) is 10.0 Å². The summed E-state index contributed by atoms with van der Waals surface area (Å²) in [7, 11) is -4.41. The van der Waals surface area contributed by atoms with E-state index >= 15 is 0 Å². The van der Waals surface area contributed by atoms with Crippen LogP contribution >= 0.6 is 0 Å². The summed E-state index contributed by atoms with van der Waals surface area (Å²) in [5.41, 5.74) is -3.73. The molecular formula is C10H13N3O7S. The van der Waals surface area contributed by atoms with Crippen LogP contribution in [0, 0.1) is 0 Å². The van der Waals surface area contributed by atoms with E-state index in [-0.39, 0.29) is 26.1 Å². The molecule has 1 aliphatic heterocycles. The van der Waals surface area contributed by atoms with E-state index in [1.165, 1.54) is 0 Å². The fraction of sp³-hybridized carbons (Fsp3) is 0.500. The Morgan fingerprint density at radius 1 is 1.33 bits per heavy atom. The first kappa shape index (κ1) is 15.4. The Bertz CT molecular complexity index is 757. The number of carboxylic acid groups (broad SMARTS) is 1. The summed E-state index contributed by atoms with van der Waals surface area (Å²) in [5, 5.41) is 9.29. The second-order valence-corrected chi connectivity index (χ2v) is 6.19. The number of rotatable bonds is 4. The van der Waals surface area contributed by atoms with Crippen LogP contribution in [0.2, 0.25) is 0 Å². The highest BCUT2D eigenvalue weighted by molar-refractivity contribution is 7.89. The molecule has 1 aliphatic rings. The maximum absolute atomic E-state index is 12.2. The van der Waals surface area contributed by atoms with Crippen molar-refractivity contribution in [2.75, 3.05) is 13.2 Å². The molecule has 1 saturated heterocycles. The van der Waals surface area contributed by atoms with Gasteiger partial charge < -0.3 is 14.8 Å². The lowest BCUT2D eigenvalue weighted by Crippen LogP contribution is -2.57. The molecule has 0 unspecified atom stereocenters. The Hall–Kier alpha value is -1.98. The molecular weight excluding hydrogens is 306 g/mol. The van der Waals surface area contributed by atoms with Gasteiger partial charge in [-0.15, -0.1) is 0 Å². The van der Waals surface area contributed by atoms with E-state index in [0.717, 1.165) is 6.20 Å². The SMILES string of the molecule is O=C(O)C1(NS(=O)(=O)c2c[nH]c(=O)[nH]c2=O)CCOCC1. The van der Waals surface area contributed by atoms with Crippen LogP contribution in [0.5, 0.6) is 0 Å². The maximum Gasteiger partial charge on any atom is 0.325 e. The van der Waals surface area contributed by atoms with Gasteiger partial charge in [0.25, 0.3) is 5.56 Å². The first-order chi connectivity index (χ1) is 9.77. The molecule has 2 rings (SSSR count). The molecule has 21 heavy (non-hydrogen) atoms. The quantitative estimate of drug-likeness (QED) is 0.498. The summed E-state index contributed by atoms with van der Waals surface area (Å²) in [6, 6.07) is 0. The van der Waals surface area contributed by atoms with Gasteiger partial charge in [-0.2, -0.15) is 4.72 Å². The molecule has 0 bridgehead atoms. The monoisotopic (exact) mass is 319 g/mol. The van der Waals surface area contributed by atoms with Crippen molar-refractivity contribution in [1.29, 1.82) is 0 Å². The smallest absolute Gasteiger partial charge is 0.325 e. The molecule has 4 N–H and O–H groups in total. The first-order valence-electron chi connectivity index (χ1n) is 5.94. The molecule has 0 atom stereocenters. The zero-order chi connectivity index (χ0) is 15.7. The summed E-state index contributed by atoms with van der Waals surface area (Å²) in [6.45, 7) is 0.160. The zero-order valence-electron chi connectivity index (χ0n) is 10.7. The number of aromatic amines is 2. The fourth-order valence-electron chi connectivity index (χ4n) is 1.99. The number of carbonyl (C=O) groups is 1. The average molecular weight is 319 g/mol. The van der Waals surface area contributed by atoms with Gasteiger partial charge in [-0.3, -0.25) is 14.6 Å². The van der Waals surface area contributed by atoms with Gasteiger partial charge >= 0.3 is 11.7 Å². The standard InChI is InChI=1S/C10H13N3O7S/c14-7-6(5-11-9(17)12-7)21(18,19)13-10(8(15)16)1-3-20-4-2-10/h5,13H,1-4H2,(H,15,16)(H2,11,12,14,17). The Balaban J connectivity index is 2.42. The van der Waals surface area contributed by atoms with Crippen molar-refractivity contribution in [2.45, 2.75) is 23.3 Å². The first-order valence-corrected chi connectivity index (χ1v) is 7.42. The predicted molar refractivity (Wildman–Crippen MR) is 68.4 cm³/mol. The second kappa shape index (κ2) is 5.42. The van der Waals surface area contributed by atoms with Gasteiger partial charge in [0.1, 0.15) is 5.54 Å². The van der Waals surface area contributed by atoms with E-state index in [1.54, 1.807) is 4.98 Å². The van der Waals surface area contributed by atoms with E-state index in [4.69, 9.17) is 4.74 Å². The lowest BCUT2D eigenvalue weighted by Gasteiger charge is -2.33. The molecule has 1 fully saturated rings. The van der Waals surface area contributed by atoms with Crippen molar-refractivity contribution in [3.63, 3.8) is 0 Å². The minimum atomic E-state index is -4.41. The third-order valence-electron chi connectivity index (χ3n) is 3.16. The van der Waals surface area contributed by atoms with Gasteiger partial charge in [0.05, 0.1) is 0 Å². The second-order valence-electron chi connectivity index (χ2n) is 4.54. The molecule has 0 spiro atoms. The molecule has 0 saturated carbocycles. The van der Waals surface area contributed by atoms with E-state index in [9.17, 15) is 27.9 Å². The number of hydrogen-bond acceptors (Lipinski definition) is 6. The number of sulfonamides is 1. The molecule has 116 valence electrons. The number of H-pyrrole nitrogens is 2. The molecule has 0 aromatic carbocycles. The van der Waals surface area contributed by atoms with Crippen LogP contribution in [-0.2, 0) is 19.6 Å². The van der Waals surface area contributed by atoms with Crippen LogP contribution in [0.3, 0.4) is 0 Å². The Morgan fingerprint density at radius 3 is 2.48 bits per heavy atom. The molecule has 10 nitrogen and oxygen atoms in total. The van der Waals surface area contributed by atoms with Crippen LogP contribution in [0.25, 0.3) is 0 Å². The number of ether oxygens (including phenoxy) is 1. The highest BCUT2D eigenvalue weighted by atomic mass is 32.2. The maximum atomic E-state index is 12.2. The third kappa shape index (κ3) is 3.04. The molecule has 1 aromatic rings. The van der Waals surface area contributed by atoms with Gasteiger partial charge in [-0.1, -0.05) is 0 Å². The van der Waals surface area contributed by atoms with Crippen molar-refractivity contribution in [1.82, 2.24) is 14.7 Å². The largest absolute Gasteiger partial charge is 0.480 e. The molecule has 0 aliphatic carbocycles. The summed E-state index contributed by atoms with van der Waals surface area (Å²) in [5.74, 6) is -1.35. The third-order valence-corrected chi connectivity index (χ3v) is 4.70. The molecule has 1 aromatic heterocycles. The van der Waals surface area contributed by atoms with Gasteiger partial charge in [0, 0.05) is 32.3 Å². The topological polar surface area (TPSA) is 158 Å². The van der Waals surface area contributed by atoms with Crippen molar-refractivity contribution in [3.05, 3.63) is 27.0 Å². The van der Waals surface area contributed by atoms with Crippen molar-refractivity contribution in [2.24, 2.45) is 0 Å². The number of aromatic nitrogens is 2. The Labute approximate surface area is 118 Å². The van der Waals surface area contributed by atoms with Crippen molar-refractivity contribution in [3.8, 4) is 0 Å². The van der Waals surface area contributed by atoms with E-state index in [0.29, 0.717) is 0 Å². The van der Waals surface area contributed by atoms with Crippen LogP contribution in [0.4, 0.5) is 0 Å². The van der Waals surface area contributed by atoms with E-state index < -0.39 is 37.7 Å². The van der Waals surface area contributed by atoms with Crippen molar-refractivity contribution < 1.29 is 23.1 Å². The Kier molecular flexibility index (Phi) is 3.98. The number of hydrogen-bond donors (Lipinski definition) is 4. The fourth-order valence-corrected chi connectivity index (χ4v) is 3.41. The number of carboxylic acids is 1. The molecule has 2 heterocycles. The van der Waals surface area contributed by atoms with Gasteiger partial charge in [-0.25, -0.2) is 13.2 Å². The highest BCUT2D eigenvalue weighted by Crippen LogP contribution is 2.23. The van der Waals surface area contributed by atoms with Crippen LogP contribution < -0.4 is 16.0 Å². The van der Waals surface area contributed by atoms with E-state index in [1.807, 2.05) is 9.71 Å². The summed E-state index contributed by atoms with van der Waals surface area (Å²) >= 11 is 0.